The van der Waals surface area contributed by atoms with Crippen LogP contribution < -0.4 is 10.6 Å². The number of halogens is 1. The van der Waals surface area contributed by atoms with Gasteiger partial charge in [0.1, 0.15) is 5.82 Å². The molecule has 1 atom stereocenters. The number of hydrogen-bond donors (Lipinski definition) is 3. The first-order valence-electron chi connectivity index (χ1n) is 12.8. The first-order chi connectivity index (χ1) is 17.8. The molecule has 1 aromatic heterocycles. The third kappa shape index (κ3) is 6.77. The van der Waals surface area contributed by atoms with Crippen LogP contribution in [-0.2, 0) is 11.3 Å². The molecule has 7 nitrogen and oxygen atoms in total. The standard InChI is InChI=1S/C29H36FN5O2/c1-19(2)37-27(31-4)14-11-20(3)28-24-16-21(12-13-26(24)33-34-28)29(36)32-23-9-7-15-35(18-23)17-22-8-5-6-10-25(22)30/h5-6,8,10-14,16,19,23,31H,7,9,15,17-18H2,1-4H3,(H,32,36)(H,33,34)/b20-11+,27-14+. The summed E-state index contributed by atoms with van der Waals surface area (Å²) in [7, 11) is 1.82. The molecule has 1 unspecified atom stereocenters. The van der Waals surface area contributed by atoms with Crippen LogP contribution in [0.2, 0.25) is 0 Å². The minimum absolute atomic E-state index is 0.0141. The zero-order chi connectivity index (χ0) is 26.4. The van der Waals surface area contributed by atoms with Crippen LogP contribution >= 0.6 is 0 Å². The normalized spacial score (nSPS) is 17.3. The maximum atomic E-state index is 14.1. The molecule has 2 aromatic carbocycles. The van der Waals surface area contributed by atoms with Gasteiger partial charge in [-0.05, 0) is 76.1 Å². The van der Waals surface area contributed by atoms with E-state index in [0.29, 0.717) is 30.1 Å². The SMILES string of the molecule is CN/C(=C\C=C(/C)c1n[nH]c2ccc(C(=O)NC3CCCN(Cc4ccccc4F)C3)cc12)OC(C)C. The van der Waals surface area contributed by atoms with Gasteiger partial charge in [-0.2, -0.15) is 5.10 Å². The molecule has 1 aliphatic heterocycles. The molecule has 1 fully saturated rings. The highest BCUT2D eigenvalue weighted by atomic mass is 19.1. The van der Waals surface area contributed by atoms with Gasteiger partial charge in [0.2, 0.25) is 0 Å². The van der Waals surface area contributed by atoms with Gasteiger partial charge in [0.25, 0.3) is 5.91 Å². The molecular formula is C29H36FN5O2. The van der Waals surface area contributed by atoms with Crippen molar-refractivity contribution >= 4 is 22.4 Å². The average Bonchev–Trinajstić information content (AvgIpc) is 3.31. The van der Waals surface area contributed by atoms with Crippen LogP contribution in [0.4, 0.5) is 4.39 Å². The molecule has 0 radical (unpaired) electrons. The minimum Gasteiger partial charge on any atom is -0.476 e. The molecule has 0 saturated carbocycles. The number of carbonyl (C=O) groups is 1. The fourth-order valence-electron chi connectivity index (χ4n) is 4.62. The zero-order valence-corrected chi connectivity index (χ0v) is 22.0. The highest BCUT2D eigenvalue weighted by Crippen LogP contribution is 2.24. The van der Waals surface area contributed by atoms with Gasteiger partial charge in [-0.25, -0.2) is 4.39 Å². The number of hydrogen-bond acceptors (Lipinski definition) is 5. The molecule has 37 heavy (non-hydrogen) atoms. The van der Waals surface area contributed by atoms with Gasteiger partial charge < -0.3 is 15.4 Å². The van der Waals surface area contributed by atoms with E-state index in [-0.39, 0.29) is 23.9 Å². The quantitative estimate of drug-likeness (QED) is 0.282. The van der Waals surface area contributed by atoms with Crippen LogP contribution in [0.5, 0.6) is 0 Å². The Kier molecular flexibility index (Phi) is 8.61. The van der Waals surface area contributed by atoms with E-state index >= 15 is 0 Å². The van der Waals surface area contributed by atoms with E-state index in [2.05, 4.69) is 25.7 Å². The maximum Gasteiger partial charge on any atom is 0.251 e. The van der Waals surface area contributed by atoms with Gasteiger partial charge in [-0.1, -0.05) is 24.3 Å². The van der Waals surface area contributed by atoms with Crippen molar-refractivity contribution in [2.45, 2.75) is 52.3 Å². The van der Waals surface area contributed by atoms with Crippen LogP contribution in [0.3, 0.4) is 0 Å². The molecular weight excluding hydrogens is 469 g/mol. The fourth-order valence-corrected chi connectivity index (χ4v) is 4.62. The summed E-state index contributed by atoms with van der Waals surface area (Å²) in [5.41, 5.74) is 3.87. The van der Waals surface area contributed by atoms with Crippen LogP contribution in [0.1, 0.15) is 55.2 Å². The van der Waals surface area contributed by atoms with E-state index in [1.807, 2.05) is 70.3 Å². The van der Waals surface area contributed by atoms with Gasteiger partial charge in [0.15, 0.2) is 5.88 Å². The highest BCUT2D eigenvalue weighted by molar-refractivity contribution is 6.00. The number of H-pyrrole nitrogens is 1. The summed E-state index contributed by atoms with van der Waals surface area (Å²) < 4.78 is 19.8. The Balaban J connectivity index is 1.45. The lowest BCUT2D eigenvalue weighted by atomic mass is 10.0. The van der Waals surface area contributed by atoms with E-state index in [4.69, 9.17) is 4.74 Å². The molecule has 0 bridgehead atoms. The number of piperidine rings is 1. The monoisotopic (exact) mass is 505 g/mol. The number of fused-ring (bicyclic) bond motifs is 1. The van der Waals surface area contributed by atoms with Gasteiger partial charge in [0, 0.05) is 42.7 Å². The van der Waals surface area contributed by atoms with Gasteiger partial charge in [0.05, 0.1) is 17.3 Å². The minimum atomic E-state index is -0.188. The maximum absolute atomic E-state index is 14.1. The Labute approximate surface area is 217 Å². The molecule has 2 heterocycles. The van der Waals surface area contributed by atoms with Gasteiger partial charge in [-0.3, -0.25) is 14.8 Å². The van der Waals surface area contributed by atoms with Crippen molar-refractivity contribution in [1.82, 2.24) is 25.7 Å². The summed E-state index contributed by atoms with van der Waals surface area (Å²) >= 11 is 0. The summed E-state index contributed by atoms with van der Waals surface area (Å²) in [6.07, 6.45) is 5.75. The van der Waals surface area contributed by atoms with Crippen molar-refractivity contribution < 1.29 is 13.9 Å². The molecule has 1 saturated heterocycles. The van der Waals surface area contributed by atoms with E-state index in [1.165, 1.54) is 6.07 Å². The van der Waals surface area contributed by atoms with Crippen molar-refractivity contribution in [3.8, 4) is 0 Å². The summed E-state index contributed by atoms with van der Waals surface area (Å²) in [6, 6.07) is 12.5. The Bertz CT molecular complexity index is 1300. The number of carbonyl (C=O) groups excluding carboxylic acids is 1. The molecule has 1 aliphatic rings. The molecule has 8 heteroatoms. The van der Waals surface area contributed by atoms with Crippen molar-refractivity contribution in [2.24, 2.45) is 0 Å². The third-order valence-corrected chi connectivity index (χ3v) is 6.48. The topological polar surface area (TPSA) is 82.3 Å². The number of nitrogens with zero attached hydrogens (tertiary/aromatic N) is 2. The first kappa shape index (κ1) is 26.4. The van der Waals surface area contributed by atoms with E-state index in [0.717, 1.165) is 41.6 Å². The number of nitrogens with one attached hydrogen (secondary N) is 3. The van der Waals surface area contributed by atoms with E-state index < -0.39 is 0 Å². The predicted octanol–water partition coefficient (Wildman–Crippen LogP) is 4.99. The summed E-state index contributed by atoms with van der Waals surface area (Å²) in [5.74, 6) is 0.370. The second-order valence-electron chi connectivity index (χ2n) is 9.77. The van der Waals surface area contributed by atoms with Gasteiger partial charge in [-0.15, -0.1) is 0 Å². The number of ether oxygens (including phenoxy) is 1. The van der Waals surface area contributed by atoms with Crippen molar-refractivity contribution in [3.63, 3.8) is 0 Å². The number of allylic oxidation sites excluding steroid dienone is 3. The van der Waals surface area contributed by atoms with Crippen LogP contribution in [0.25, 0.3) is 16.5 Å². The Hall–Kier alpha value is -3.65. The zero-order valence-electron chi connectivity index (χ0n) is 22.0. The predicted molar refractivity (Wildman–Crippen MR) is 145 cm³/mol. The number of rotatable bonds is 9. The number of aromatic nitrogens is 2. The van der Waals surface area contributed by atoms with Gasteiger partial charge >= 0.3 is 0 Å². The smallest absolute Gasteiger partial charge is 0.251 e. The first-order valence-corrected chi connectivity index (χ1v) is 12.8. The Morgan fingerprint density at radius 3 is 2.84 bits per heavy atom. The largest absolute Gasteiger partial charge is 0.476 e. The summed E-state index contributed by atoms with van der Waals surface area (Å²) in [6.45, 7) is 8.06. The van der Waals surface area contributed by atoms with Crippen molar-refractivity contribution in [2.75, 3.05) is 20.1 Å². The molecule has 3 N–H and O–H groups in total. The lowest BCUT2D eigenvalue weighted by Crippen LogP contribution is -2.47. The van der Waals surface area contributed by atoms with Crippen LogP contribution in [-0.4, -0.2) is 53.3 Å². The number of amides is 1. The lowest BCUT2D eigenvalue weighted by Gasteiger charge is -2.33. The van der Waals surface area contributed by atoms with Crippen molar-refractivity contribution in [1.29, 1.82) is 0 Å². The molecule has 1 amide bonds. The summed E-state index contributed by atoms with van der Waals surface area (Å²) in [4.78, 5) is 15.4. The second-order valence-corrected chi connectivity index (χ2v) is 9.77. The highest BCUT2D eigenvalue weighted by Gasteiger charge is 2.23. The van der Waals surface area contributed by atoms with Crippen LogP contribution in [0, 0.1) is 5.82 Å². The number of benzene rings is 2. The van der Waals surface area contributed by atoms with Crippen LogP contribution in [0.15, 0.2) is 60.5 Å². The Morgan fingerprint density at radius 2 is 2.08 bits per heavy atom. The number of likely N-dealkylation sites (tertiary alicyclic amines) is 1. The molecule has 4 rings (SSSR count). The van der Waals surface area contributed by atoms with E-state index in [1.54, 1.807) is 6.07 Å². The molecule has 0 aliphatic carbocycles. The average molecular weight is 506 g/mol. The molecule has 0 spiro atoms. The second kappa shape index (κ2) is 12.1. The molecule has 196 valence electrons. The van der Waals surface area contributed by atoms with E-state index in [9.17, 15) is 9.18 Å². The fraction of sp³-hybridized carbons (Fsp3) is 0.379. The molecule has 3 aromatic rings. The summed E-state index contributed by atoms with van der Waals surface area (Å²) in [5, 5.41) is 14.6. The number of aromatic amines is 1. The Morgan fingerprint density at radius 1 is 1.27 bits per heavy atom. The lowest BCUT2D eigenvalue weighted by molar-refractivity contribution is 0.0900. The van der Waals surface area contributed by atoms with Crippen molar-refractivity contribution in [3.05, 3.63) is 83.1 Å². The third-order valence-electron chi connectivity index (χ3n) is 6.48.